The summed E-state index contributed by atoms with van der Waals surface area (Å²) in [6.45, 7) is 2.65. The van der Waals surface area contributed by atoms with Crippen molar-refractivity contribution in [3.8, 4) is 5.75 Å². The predicted octanol–water partition coefficient (Wildman–Crippen LogP) is 5.29. The summed E-state index contributed by atoms with van der Waals surface area (Å²) < 4.78 is 6.52. The van der Waals surface area contributed by atoms with Gasteiger partial charge in [-0.05, 0) is 60.5 Å². The molecule has 0 aromatic heterocycles. The maximum Gasteiger partial charge on any atom is 0.266 e. The maximum atomic E-state index is 13.7. The number of benzene rings is 3. The number of fused-ring (bicyclic) bond motifs is 1. The molecule has 168 valence electrons. The fourth-order valence-electron chi connectivity index (χ4n) is 4.41. The summed E-state index contributed by atoms with van der Waals surface area (Å²) in [5.74, 6) is -0.581. The molecule has 6 nitrogen and oxygen atoms in total. The van der Waals surface area contributed by atoms with Gasteiger partial charge in [-0.15, -0.1) is 0 Å². The van der Waals surface area contributed by atoms with Crippen LogP contribution in [0.4, 0.5) is 11.4 Å². The minimum absolute atomic E-state index is 0.268. The molecule has 7 heteroatoms. The van der Waals surface area contributed by atoms with Gasteiger partial charge >= 0.3 is 0 Å². The molecule has 2 saturated heterocycles. The molecule has 0 spiro atoms. The van der Waals surface area contributed by atoms with E-state index in [1.165, 1.54) is 4.90 Å². The minimum atomic E-state index is -0.891. The average molecular weight is 507 g/mol. The van der Waals surface area contributed by atoms with Crippen LogP contribution in [0.15, 0.2) is 83.3 Å². The minimum Gasteiger partial charge on any atom is -0.494 e. The van der Waals surface area contributed by atoms with Crippen molar-refractivity contribution >= 4 is 39.1 Å². The first-order chi connectivity index (χ1) is 16.1. The van der Waals surface area contributed by atoms with Gasteiger partial charge in [-0.2, -0.15) is 0 Å². The molecule has 0 saturated carbocycles. The van der Waals surface area contributed by atoms with E-state index in [1.807, 2.05) is 61.5 Å². The van der Waals surface area contributed by atoms with E-state index in [0.29, 0.717) is 18.0 Å². The van der Waals surface area contributed by atoms with Crippen molar-refractivity contribution in [2.45, 2.75) is 25.5 Å². The van der Waals surface area contributed by atoms with E-state index in [2.05, 4.69) is 15.9 Å². The van der Waals surface area contributed by atoms with Crippen LogP contribution in [0.3, 0.4) is 0 Å². The normalized spacial score (nSPS) is 22.1. The van der Waals surface area contributed by atoms with E-state index < -0.39 is 18.1 Å². The molecule has 3 aromatic carbocycles. The Bertz CT molecular complexity index is 1170. The molecule has 33 heavy (non-hydrogen) atoms. The molecular weight excluding hydrogens is 484 g/mol. The molecule has 0 N–H and O–H groups in total. The van der Waals surface area contributed by atoms with Gasteiger partial charge in [-0.1, -0.05) is 53.2 Å². The SMILES string of the molecule is CCCOc1ccc(N2C(=O)[C@@H]3[C@H](ON(c4ccccc4)[C@H]3c3cccc(Br)c3)C2=O)cc1. The zero-order valence-corrected chi connectivity index (χ0v) is 19.6. The number of para-hydroxylation sites is 1. The number of imide groups is 1. The number of carbonyl (C=O) groups excluding carboxylic acids is 2. The summed E-state index contributed by atoms with van der Waals surface area (Å²) in [4.78, 5) is 34.5. The van der Waals surface area contributed by atoms with Gasteiger partial charge in [0.15, 0.2) is 6.10 Å². The van der Waals surface area contributed by atoms with Crippen LogP contribution in [0.2, 0.25) is 0 Å². The van der Waals surface area contributed by atoms with Gasteiger partial charge in [-0.25, -0.2) is 9.96 Å². The van der Waals surface area contributed by atoms with Crippen LogP contribution in [-0.4, -0.2) is 24.5 Å². The van der Waals surface area contributed by atoms with E-state index in [9.17, 15) is 9.59 Å². The molecule has 0 unspecified atom stereocenters. The lowest BCUT2D eigenvalue weighted by Crippen LogP contribution is -2.37. The number of nitrogens with zero attached hydrogens (tertiary/aromatic N) is 2. The molecule has 5 rings (SSSR count). The molecule has 0 bridgehead atoms. The second kappa shape index (κ2) is 9.00. The average Bonchev–Trinajstić information content (AvgIpc) is 3.35. The van der Waals surface area contributed by atoms with Gasteiger partial charge in [0, 0.05) is 4.47 Å². The molecule has 2 aliphatic heterocycles. The number of anilines is 2. The molecule has 2 aliphatic rings. The first-order valence-corrected chi connectivity index (χ1v) is 11.7. The molecule has 2 amide bonds. The van der Waals surface area contributed by atoms with Crippen molar-refractivity contribution in [2.75, 3.05) is 16.6 Å². The van der Waals surface area contributed by atoms with Crippen LogP contribution in [0.1, 0.15) is 24.9 Å². The van der Waals surface area contributed by atoms with Gasteiger partial charge in [0.05, 0.1) is 24.0 Å². The van der Waals surface area contributed by atoms with E-state index in [-0.39, 0.29) is 11.8 Å². The second-order valence-corrected chi connectivity index (χ2v) is 8.98. The van der Waals surface area contributed by atoms with Crippen LogP contribution in [0, 0.1) is 5.92 Å². The van der Waals surface area contributed by atoms with Crippen LogP contribution < -0.4 is 14.7 Å². The largest absolute Gasteiger partial charge is 0.494 e. The van der Waals surface area contributed by atoms with Crippen molar-refractivity contribution in [2.24, 2.45) is 5.92 Å². The van der Waals surface area contributed by atoms with Gasteiger partial charge in [-0.3, -0.25) is 14.4 Å². The highest BCUT2D eigenvalue weighted by atomic mass is 79.9. The topological polar surface area (TPSA) is 59.1 Å². The highest BCUT2D eigenvalue weighted by molar-refractivity contribution is 9.10. The van der Waals surface area contributed by atoms with Gasteiger partial charge < -0.3 is 4.74 Å². The molecule has 0 aliphatic carbocycles. The standard InChI is InChI=1S/C26H23BrN2O4/c1-2-15-32-21-13-11-19(12-14-21)28-25(30)22-23(17-7-6-8-18(27)16-17)29(33-24(22)26(28)31)20-9-4-3-5-10-20/h3-14,16,22-24H,2,15H2,1H3/t22-,23-,24-/m0/s1. The number of amides is 2. The first-order valence-electron chi connectivity index (χ1n) is 11.0. The summed E-state index contributed by atoms with van der Waals surface area (Å²) in [5.41, 5.74) is 2.21. The zero-order valence-electron chi connectivity index (χ0n) is 18.1. The number of rotatable bonds is 6. The van der Waals surface area contributed by atoms with Crippen molar-refractivity contribution < 1.29 is 19.2 Å². The Morgan fingerprint density at radius 2 is 1.67 bits per heavy atom. The Kier molecular flexibility index (Phi) is 5.91. The fraction of sp³-hybridized carbons (Fsp3) is 0.231. The highest BCUT2D eigenvalue weighted by Gasteiger charge is 2.60. The van der Waals surface area contributed by atoms with E-state index in [1.54, 1.807) is 29.3 Å². The van der Waals surface area contributed by atoms with Crippen molar-refractivity contribution in [3.05, 3.63) is 88.9 Å². The summed E-state index contributed by atoms with van der Waals surface area (Å²) in [6.07, 6.45) is 0.0122. The Hall–Kier alpha value is -3.16. The summed E-state index contributed by atoms with van der Waals surface area (Å²) >= 11 is 3.52. The molecule has 3 atom stereocenters. The predicted molar refractivity (Wildman–Crippen MR) is 129 cm³/mol. The third-order valence-corrected chi connectivity index (χ3v) is 6.38. The van der Waals surface area contributed by atoms with E-state index >= 15 is 0 Å². The van der Waals surface area contributed by atoms with Crippen molar-refractivity contribution in [1.29, 1.82) is 0 Å². The van der Waals surface area contributed by atoms with Crippen LogP contribution >= 0.6 is 15.9 Å². The van der Waals surface area contributed by atoms with E-state index in [0.717, 1.165) is 22.1 Å². The smallest absolute Gasteiger partial charge is 0.266 e. The number of carbonyl (C=O) groups is 2. The summed E-state index contributed by atoms with van der Waals surface area (Å²) in [5, 5.41) is 1.70. The Morgan fingerprint density at radius 1 is 0.909 bits per heavy atom. The molecule has 0 radical (unpaired) electrons. The van der Waals surface area contributed by atoms with Gasteiger partial charge in [0.1, 0.15) is 11.7 Å². The number of hydroxylamine groups is 1. The van der Waals surface area contributed by atoms with Crippen molar-refractivity contribution in [1.82, 2.24) is 0 Å². The summed E-state index contributed by atoms with van der Waals surface area (Å²) in [6, 6.07) is 23.9. The Labute approximate surface area is 200 Å². The van der Waals surface area contributed by atoms with Gasteiger partial charge in [0.25, 0.3) is 5.91 Å². The third kappa shape index (κ3) is 3.92. The Morgan fingerprint density at radius 3 is 2.36 bits per heavy atom. The van der Waals surface area contributed by atoms with Crippen LogP contribution in [0.5, 0.6) is 5.75 Å². The Balaban J connectivity index is 1.50. The lowest BCUT2D eigenvalue weighted by Gasteiger charge is -2.29. The molecule has 3 aromatic rings. The monoisotopic (exact) mass is 506 g/mol. The lowest BCUT2D eigenvalue weighted by molar-refractivity contribution is -0.126. The first kappa shape index (κ1) is 21.7. The molecule has 2 heterocycles. The fourth-order valence-corrected chi connectivity index (χ4v) is 4.83. The van der Waals surface area contributed by atoms with E-state index in [4.69, 9.17) is 9.57 Å². The third-order valence-electron chi connectivity index (χ3n) is 5.88. The zero-order chi connectivity index (χ0) is 22.9. The number of halogens is 1. The second-order valence-electron chi connectivity index (χ2n) is 8.07. The van der Waals surface area contributed by atoms with Crippen LogP contribution in [0.25, 0.3) is 0 Å². The lowest BCUT2D eigenvalue weighted by atomic mass is 9.90. The van der Waals surface area contributed by atoms with Gasteiger partial charge in [0.2, 0.25) is 5.91 Å². The van der Waals surface area contributed by atoms with Crippen molar-refractivity contribution in [3.63, 3.8) is 0 Å². The molecular formula is C26H23BrN2O4. The molecule has 2 fully saturated rings. The quantitative estimate of drug-likeness (QED) is 0.425. The highest BCUT2D eigenvalue weighted by Crippen LogP contribution is 2.47. The summed E-state index contributed by atoms with van der Waals surface area (Å²) in [7, 11) is 0. The maximum absolute atomic E-state index is 13.7. The number of ether oxygens (including phenoxy) is 1. The van der Waals surface area contributed by atoms with Crippen LogP contribution in [-0.2, 0) is 14.4 Å². The number of hydrogen-bond acceptors (Lipinski definition) is 5. The number of hydrogen-bond donors (Lipinski definition) is 0.